The molecule has 1 saturated heterocycles. The number of thioether (sulfide) groups is 1. The van der Waals surface area contributed by atoms with Crippen molar-refractivity contribution >= 4 is 29.3 Å². The predicted octanol–water partition coefficient (Wildman–Crippen LogP) is 4.02. The highest BCUT2D eigenvalue weighted by molar-refractivity contribution is 7.99. The van der Waals surface area contributed by atoms with E-state index < -0.39 is 0 Å². The minimum absolute atomic E-state index is 0.0359. The van der Waals surface area contributed by atoms with Crippen molar-refractivity contribution in [3.8, 4) is 17.1 Å². The molecule has 2 atom stereocenters. The van der Waals surface area contributed by atoms with Gasteiger partial charge in [0, 0.05) is 36.1 Å². The van der Waals surface area contributed by atoms with Gasteiger partial charge in [0.05, 0.1) is 23.6 Å². The number of halogens is 1. The Morgan fingerprint density at radius 2 is 1.87 bits per heavy atom. The Kier molecular flexibility index (Phi) is 6.60. The van der Waals surface area contributed by atoms with E-state index in [1.807, 2.05) is 60.6 Å². The molecule has 4 rings (SSSR count). The molecular weight excluding hydrogens is 434 g/mol. The number of benzene rings is 1. The van der Waals surface area contributed by atoms with Gasteiger partial charge in [0.1, 0.15) is 0 Å². The second-order valence-electron chi connectivity index (χ2n) is 7.61. The van der Waals surface area contributed by atoms with E-state index in [-0.39, 0.29) is 23.9 Å². The lowest BCUT2D eigenvalue weighted by Gasteiger charge is -2.35. The highest BCUT2D eigenvalue weighted by atomic mass is 35.5. The van der Waals surface area contributed by atoms with Gasteiger partial charge in [-0.15, -0.1) is 10.2 Å². The molecule has 1 fully saturated rings. The molecule has 2 unspecified atom stereocenters. The normalized spacial score (nSPS) is 18.9. The van der Waals surface area contributed by atoms with Gasteiger partial charge in [0.2, 0.25) is 5.91 Å². The number of aromatic nitrogens is 4. The van der Waals surface area contributed by atoms with Crippen molar-refractivity contribution in [1.29, 1.82) is 0 Å². The average Bonchev–Trinajstić information content (AvgIpc) is 3.17. The minimum Gasteiger partial charge on any atom is -0.372 e. The van der Waals surface area contributed by atoms with Crippen molar-refractivity contribution in [1.82, 2.24) is 24.6 Å². The van der Waals surface area contributed by atoms with Crippen molar-refractivity contribution in [3.05, 3.63) is 53.3 Å². The zero-order chi connectivity index (χ0) is 22.0. The maximum atomic E-state index is 12.9. The van der Waals surface area contributed by atoms with Crippen molar-refractivity contribution < 1.29 is 9.53 Å². The van der Waals surface area contributed by atoms with Crippen LogP contribution in [0.15, 0.2) is 47.9 Å². The minimum atomic E-state index is 0.0359. The van der Waals surface area contributed by atoms with Gasteiger partial charge in [-0.1, -0.05) is 29.4 Å². The van der Waals surface area contributed by atoms with Crippen LogP contribution in [0.2, 0.25) is 5.02 Å². The monoisotopic (exact) mass is 457 g/mol. The zero-order valence-corrected chi connectivity index (χ0v) is 19.2. The van der Waals surface area contributed by atoms with Gasteiger partial charge < -0.3 is 9.64 Å². The number of carbonyl (C=O) groups excluding carboxylic acids is 1. The molecule has 1 aliphatic heterocycles. The van der Waals surface area contributed by atoms with E-state index in [9.17, 15) is 4.79 Å². The van der Waals surface area contributed by atoms with Crippen LogP contribution >= 0.6 is 23.4 Å². The highest BCUT2D eigenvalue weighted by Gasteiger charge is 2.27. The lowest BCUT2D eigenvalue weighted by atomic mass is 10.2. The third-order valence-corrected chi connectivity index (χ3v) is 6.47. The van der Waals surface area contributed by atoms with E-state index in [1.54, 1.807) is 12.4 Å². The Morgan fingerprint density at radius 1 is 1.16 bits per heavy atom. The van der Waals surface area contributed by atoms with Crippen LogP contribution in [0.1, 0.15) is 19.4 Å². The molecule has 0 N–H and O–H groups in total. The fourth-order valence-corrected chi connectivity index (χ4v) is 4.72. The van der Waals surface area contributed by atoms with Crippen LogP contribution < -0.4 is 0 Å². The van der Waals surface area contributed by atoms with E-state index in [1.165, 1.54) is 11.8 Å². The van der Waals surface area contributed by atoms with Crippen LogP contribution in [0.3, 0.4) is 0 Å². The number of ether oxygens (including phenoxy) is 1. The molecule has 9 heteroatoms. The number of morpholine rings is 1. The molecule has 1 amide bonds. The van der Waals surface area contributed by atoms with Crippen molar-refractivity contribution in [2.75, 3.05) is 18.8 Å². The molecule has 31 heavy (non-hydrogen) atoms. The van der Waals surface area contributed by atoms with Crippen LogP contribution in [0.5, 0.6) is 0 Å². The number of pyridine rings is 1. The molecule has 1 aliphatic rings. The molecule has 3 heterocycles. The first-order valence-electron chi connectivity index (χ1n) is 10.1. The summed E-state index contributed by atoms with van der Waals surface area (Å²) in [6.07, 6.45) is 3.51. The van der Waals surface area contributed by atoms with Gasteiger partial charge in [0.25, 0.3) is 0 Å². The summed E-state index contributed by atoms with van der Waals surface area (Å²) in [4.78, 5) is 18.8. The number of hydrogen-bond acceptors (Lipinski definition) is 6. The maximum Gasteiger partial charge on any atom is 0.233 e. The zero-order valence-electron chi connectivity index (χ0n) is 17.7. The molecule has 0 saturated carbocycles. The first-order chi connectivity index (χ1) is 14.9. The Morgan fingerprint density at radius 3 is 2.58 bits per heavy atom. The molecule has 0 radical (unpaired) electrons. The Bertz CT molecular complexity index is 1070. The number of hydrogen-bond donors (Lipinski definition) is 0. The molecule has 1 aromatic carbocycles. The third kappa shape index (κ3) is 4.76. The summed E-state index contributed by atoms with van der Waals surface area (Å²) < 4.78 is 7.70. The van der Waals surface area contributed by atoms with Gasteiger partial charge in [-0.2, -0.15) is 0 Å². The van der Waals surface area contributed by atoms with Crippen LogP contribution in [-0.4, -0.2) is 61.6 Å². The van der Waals surface area contributed by atoms with Gasteiger partial charge in [-0.3, -0.25) is 14.3 Å². The van der Waals surface area contributed by atoms with E-state index in [4.69, 9.17) is 16.3 Å². The SMILES string of the molecule is Cc1c(Cl)cccc1-n1c(SCC(=O)N2CC(C)OC(C)C2)nnc1-c1ccncc1. The Hall–Kier alpha value is -2.42. The van der Waals surface area contributed by atoms with Gasteiger partial charge in [-0.25, -0.2) is 0 Å². The molecule has 3 aromatic rings. The predicted molar refractivity (Wildman–Crippen MR) is 122 cm³/mol. The van der Waals surface area contributed by atoms with Gasteiger partial charge in [-0.05, 0) is 50.6 Å². The Balaban J connectivity index is 1.64. The first-order valence-corrected chi connectivity index (χ1v) is 11.5. The second kappa shape index (κ2) is 9.38. The summed E-state index contributed by atoms with van der Waals surface area (Å²) in [6, 6.07) is 9.50. The van der Waals surface area contributed by atoms with Crippen molar-refractivity contribution in [2.24, 2.45) is 0 Å². The summed E-state index contributed by atoms with van der Waals surface area (Å²) in [7, 11) is 0. The molecule has 2 aromatic heterocycles. The van der Waals surface area contributed by atoms with Crippen LogP contribution in [0.25, 0.3) is 17.1 Å². The number of carbonyl (C=O) groups is 1. The Labute approximate surface area is 190 Å². The van der Waals surface area contributed by atoms with Crippen LogP contribution in [-0.2, 0) is 9.53 Å². The standard InChI is InChI=1S/C22H24ClN5O2S/c1-14-11-27(12-15(2)30-14)20(29)13-31-22-26-25-21(17-7-9-24-10-8-17)28(22)19-6-4-5-18(23)16(19)3/h4-10,14-15H,11-13H2,1-3H3. The van der Waals surface area contributed by atoms with E-state index in [0.29, 0.717) is 29.1 Å². The summed E-state index contributed by atoms with van der Waals surface area (Å²) in [5.74, 6) is 1.01. The van der Waals surface area contributed by atoms with E-state index >= 15 is 0 Å². The average molecular weight is 458 g/mol. The maximum absolute atomic E-state index is 12.9. The number of nitrogens with zero attached hydrogens (tertiary/aromatic N) is 5. The first kappa shape index (κ1) is 21.8. The fraction of sp³-hybridized carbons (Fsp3) is 0.364. The smallest absolute Gasteiger partial charge is 0.233 e. The topological polar surface area (TPSA) is 73.1 Å². The molecular formula is C22H24ClN5O2S. The summed E-state index contributed by atoms with van der Waals surface area (Å²) in [5, 5.41) is 10.1. The summed E-state index contributed by atoms with van der Waals surface area (Å²) >= 11 is 7.77. The largest absolute Gasteiger partial charge is 0.372 e. The molecule has 0 spiro atoms. The second-order valence-corrected chi connectivity index (χ2v) is 8.96. The van der Waals surface area contributed by atoms with E-state index in [2.05, 4.69) is 15.2 Å². The van der Waals surface area contributed by atoms with Crippen molar-refractivity contribution in [3.63, 3.8) is 0 Å². The summed E-state index contributed by atoms with van der Waals surface area (Å²) in [6.45, 7) is 7.15. The molecule has 162 valence electrons. The van der Waals surface area contributed by atoms with Crippen molar-refractivity contribution in [2.45, 2.75) is 38.1 Å². The fourth-order valence-electron chi connectivity index (χ4n) is 3.71. The van der Waals surface area contributed by atoms with Gasteiger partial charge >= 0.3 is 0 Å². The third-order valence-electron chi connectivity index (χ3n) is 5.15. The van der Waals surface area contributed by atoms with Gasteiger partial charge in [0.15, 0.2) is 11.0 Å². The number of rotatable bonds is 5. The molecule has 7 nitrogen and oxygen atoms in total. The highest BCUT2D eigenvalue weighted by Crippen LogP contribution is 2.31. The molecule has 0 aliphatic carbocycles. The van der Waals surface area contributed by atoms with E-state index in [0.717, 1.165) is 16.8 Å². The van der Waals surface area contributed by atoms with Crippen LogP contribution in [0.4, 0.5) is 0 Å². The molecule has 0 bridgehead atoms. The lowest BCUT2D eigenvalue weighted by Crippen LogP contribution is -2.48. The lowest BCUT2D eigenvalue weighted by molar-refractivity contribution is -0.140. The summed E-state index contributed by atoms with van der Waals surface area (Å²) in [5.41, 5.74) is 2.69. The number of amides is 1. The quantitative estimate of drug-likeness (QED) is 0.539. The van der Waals surface area contributed by atoms with Crippen LogP contribution in [0, 0.1) is 6.92 Å².